The normalized spacial score (nSPS) is 19.1. The first kappa shape index (κ1) is 13.8. The van der Waals surface area contributed by atoms with E-state index >= 15 is 0 Å². The van der Waals surface area contributed by atoms with Crippen molar-refractivity contribution in [2.75, 3.05) is 19.8 Å². The van der Waals surface area contributed by atoms with Crippen LogP contribution in [0.2, 0.25) is 0 Å². The van der Waals surface area contributed by atoms with Crippen molar-refractivity contribution < 1.29 is 19.1 Å². The topological polar surface area (TPSA) is 70.8 Å². The van der Waals surface area contributed by atoms with E-state index in [-0.39, 0.29) is 12.0 Å². The molecule has 1 heterocycles. The summed E-state index contributed by atoms with van der Waals surface area (Å²) in [7, 11) is 0. The van der Waals surface area contributed by atoms with Gasteiger partial charge < -0.3 is 14.2 Å². The van der Waals surface area contributed by atoms with Gasteiger partial charge in [0.2, 0.25) is 0 Å². The highest BCUT2D eigenvalue weighted by Gasteiger charge is 2.13. The molecule has 104 valence electrons. The second kappa shape index (κ2) is 7.06. The standard InChI is InChI=1S/C13H17NO5/c15-14(16)11-4-6-12(7-5-11)17-9-10-19-13-3-1-2-8-18-13/h4-7,13H,1-3,8-10H2/t13-/m0/s1. The Hall–Kier alpha value is -1.66. The molecule has 1 atom stereocenters. The van der Waals surface area contributed by atoms with Gasteiger partial charge >= 0.3 is 0 Å². The third-order valence-corrected chi connectivity index (χ3v) is 2.84. The van der Waals surface area contributed by atoms with Crippen LogP contribution in [0, 0.1) is 10.1 Å². The number of hydrogen-bond donors (Lipinski definition) is 0. The van der Waals surface area contributed by atoms with E-state index < -0.39 is 4.92 Å². The summed E-state index contributed by atoms with van der Waals surface area (Å²) in [6.45, 7) is 1.60. The molecule has 0 unspecified atom stereocenters. The van der Waals surface area contributed by atoms with Crippen LogP contribution in [0.5, 0.6) is 5.75 Å². The predicted octanol–water partition coefficient (Wildman–Crippen LogP) is 2.52. The van der Waals surface area contributed by atoms with Crippen molar-refractivity contribution in [1.82, 2.24) is 0 Å². The van der Waals surface area contributed by atoms with Crippen molar-refractivity contribution in [2.24, 2.45) is 0 Å². The van der Waals surface area contributed by atoms with Crippen LogP contribution in [0.4, 0.5) is 5.69 Å². The Morgan fingerprint density at radius 2 is 2.05 bits per heavy atom. The van der Waals surface area contributed by atoms with Crippen molar-refractivity contribution in [2.45, 2.75) is 25.6 Å². The number of nitro benzene ring substituents is 1. The van der Waals surface area contributed by atoms with E-state index in [1.54, 1.807) is 12.1 Å². The molecule has 0 spiro atoms. The molecule has 1 fully saturated rings. The Kier molecular flexibility index (Phi) is 5.11. The van der Waals surface area contributed by atoms with Crippen molar-refractivity contribution in [3.05, 3.63) is 34.4 Å². The Balaban J connectivity index is 1.66. The number of hydrogen-bond acceptors (Lipinski definition) is 5. The highest BCUT2D eigenvalue weighted by atomic mass is 16.7. The molecule has 1 aliphatic rings. The average molecular weight is 267 g/mol. The largest absolute Gasteiger partial charge is 0.491 e. The van der Waals surface area contributed by atoms with Crippen LogP contribution in [0.25, 0.3) is 0 Å². The zero-order valence-corrected chi connectivity index (χ0v) is 10.6. The number of nitro groups is 1. The third kappa shape index (κ3) is 4.50. The fourth-order valence-corrected chi connectivity index (χ4v) is 1.85. The van der Waals surface area contributed by atoms with E-state index in [1.165, 1.54) is 12.1 Å². The number of non-ortho nitro benzene ring substituents is 1. The van der Waals surface area contributed by atoms with Gasteiger partial charge in [-0.1, -0.05) is 0 Å². The van der Waals surface area contributed by atoms with Gasteiger partial charge in [-0.05, 0) is 31.4 Å². The zero-order chi connectivity index (χ0) is 13.5. The summed E-state index contributed by atoms with van der Waals surface area (Å²) in [4.78, 5) is 10.0. The van der Waals surface area contributed by atoms with E-state index in [1.807, 2.05) is 0 Å². The molecule has 6 nitrogen and oxygen atoms in total. The lowest BCUT2D eigenvalue weighted by Gasteiger charge is -2.22. The number of benzene rings is 1. The molecule has 2 rings (SSSR count). The van der Waals surface area contributed by atoms with Gasteiger partial charge in [0.05, 0.1) is 11.5 Å². The molecule has 1 saturated heterocycles. The molecule has 0 saturated carbocycles. The first-order valence-electron chi connectivity index (χ1n) is 6.36. The van der Waals surface area contributed by atoms with Crippen LogP contribution in [0.3, 0.4) is 0 Å². The summed E-state index contributed by atoms with van der Waals surface area (Å²) in [6.07, 6.45) is 3.04. The molecule has 1 aliphatic heterocycles. The maximum absolute atomic E-state index is 10.5. The summed E-state index contributed by atoms with van der Waals surface area (Å²) >= 11 is 0. The fourth-order valence-electron chi connectivity index (χ4n) is 1.85. The molecule has 0 aliphatic carbocycles. The Labute approximate surface area is 111 Å². The number of ether oxygens (including phenoxy) is 3. The molecule has 0 amide bonds. The molecule has 6 heteroatoms. The average Bonchev–Trinajstić information content (AvgIpc) is 2.45. The minimum absolute atomic E-state index is 0.0548. The highest BCUT2D eigenvalue weighted by molar-refractivity contribution is 5.35. The van der Waals surface area contributed by atoms with Gasteiger partial charge in [0.25, 0.3) is 5.69 Å². The van der Waals surface area contributed by atoms with Crippen LogP contribution < -0.4 is 4.74 Å². The Bertz CT molecular complexity index is 400. The lowest BCUT2D eigenvalue weighted by molar-refractivity contribution is -0.384. The van der Waals surface area contributed by atoms with Crippen LogP contribution in [0.15, 0.2) is 24.3 Å². The van der Waals surface area contributed by atoms with Gasteiger partial charge in [-0.25, -0.2) is 0 Å². The SMILES string of the molecule is O=[N+]([O-])c1ccc(OCCO[C@H]2CCCCO2)cc1. The quantitative estimate of drug-likeness (QED) is 0.450. The van der Waals surface area contributed by atoms with Crippen molar-refractivity contribution >= 4 is 5.69 Å². The second-order valence-electron chi connectivity index (χ2n) is 4.27. The van der Waals surface area contributed by atoms with Gasteiger partial charge in [-0.2, -0.15) is 0 Å². The predicted molar refractivity (Wildman–Crippen MR) is 68.1 cm³/mol. The van der Waals surface area contributed by atoms with Crippen molar-refractivity contribution in [1.29, 1.82) is 0 Å². The lowest BCUT2D eigenvalue weighted by Crippen LogP contribution is -2.24. The fraction of sp³-hybridized carbons (Fsp3) is 0.538. The Morgan fingerprint density at radius 3 is 2.68 bits per heavy atom. The molecule has 0 aromatic heterocycles. The first-order chi connectivity index (χ1) is 9.25. The maximum Gasteiger partial charge on any atom is 0.269 e. The van der Waals surface area contributed by atoms with Gasteiger partial charge in [-0.3, -0.25) is 10.1 Å². The van der Waals surface area contributed by atoms with E-state index in [0.717, 1.165) is 25.9 Å². The minimum Gasteiger partial charge on any atom is -0.491 e. The monoisotopic (exact) mass is 267 g/mol. The zero-order valence-electron chi connectivity index (χ0n) is 10.6. The Morgan fingerprint density at radius 1 is 1.26 bits per heavy atom. The molecule has 1 aromatic carbocycles. The van der Waals surface area contributed by atoms with E-state index in [0.29, 0.717) is 19.0 Å². The molecule has 0 bridgehead atoms. The summed E-state index contributed by atoms with van der Waals surface area (Å²) in [5.74, 6) is 0.596. The minimum atomic E-state index is -0.437. The van der Waals surface area contributed by atoms with Gasteiger partial charge in [0.15, 0.2) is 6.29 Å². The molecule has 0 N–H and O–H groups in total. The first-order valence-corrected chi connectivity index (χ1v) is 6.36. The van der Waals surface area contributed by atoms with E-state index in [9.17, 15) is 10.1 Å². The van der Waals surface area contributed by atoms with Crippen LogP contribution in [-0.4, -0.2) is 31.0 Å². The van der Waals surface area contributed by atoms with Gasteiger partial charge in [-0.15, -0.1) is 0 Å². The number of nitrogens with zero attached hydrogens (tertiary/aromatic N) is 1. The third-order valence-electron chi connectivity index (χ3n) is 2.84. The second-order valence-corrected chi connectivity index (χ2v) is 4.27. The number of rotatable bonds is 6. The summed E-state index contributed by atoms with van der Waals surface area (Å²) in [5.41, 5.74) is 0.0548. The molecule has 0 radical (unpaired) electrons. The van der Waals surface area contributed by atoms with Crippen molar-refractivity contribution in [3.63, 3.8) is 0 Å². The highest BCUT2D eigenvalue weighted by Crippen LogP contribution is 2.17. The van der Waals surface area contributed by atoms with Crippen molar-refractivity contribution in [3.8, 4) is 5.75 Å². The van der Waals surface area contributed by atoms with Crippen LogP contribution >= 0.6 is 0 Å². The molecular weight excluding hydrogens is 250 g/mol. The summed E-state index contributed by atoms with van der Waals surface area (Å²) in [5, 5.41) is 10.5. The molecule has 1 aromatic rings. The van der Waals surface area contributed by atoms with Crippen LogP contribution in [0.1, 0.15) is 19.3 Å². The smallest absolute Gasteiger partial charge is 0.269 e. The van der Waals surface area contributed by atoms with E-state index in [2.05, 4.69) is 0 Å². The van der Waals surface area contributed by atoms with Gasteiger partial charge in [0.1, 0.15) is 12.4 Å². The summed E-state index contributed by atoms with van der Waals surface area (Å²) < 4.78 is 16.4. The molecule has 19 heavy (non-hydrogen) atoms. The van der Waals surface area contributed by atoms with E-state index in [4.69, 9.17) is 14.2 Å². The lowest BCUT2D eigenvalue weighted by atomic mass is 10.2. The van der Waals surface area contributed by atoms with Crippen LogP contribution in [-0.2, 0) is 9.47 Å². The van der Waals surface area contributed by atoms with Gasteiger partial charge in [0, 0.05) is 18.7 Å². The molecular formula is C13H17NO5. The maximum atomic E-state index is 10.5. The summed E-state index contributed by atoms with van der Waals surface area (Å²) in [6, 6.07) is 5.99.